The molecule has 0 spiro atoms. The lowest BCUT2D eigenvalue weighted by Crippen LogP contribution is -2.55. The van der Waals surface area contributed by atoms with Gasteiger partial charge in [0.05, 0.1) is 11.7 Å². The van der Waals surface area contributed by atoms with Crippen LogP contribution in [0.2, 0.25) is 0 Å². The minimum atomic E-state index is -0.0375. The first-order valence-electron chi connectivity index (χ1n) is 7.17. The van der Waals surface area contributed by atoms with Gasteiger partial charge >= 0.3 is 0 Å². The third-order valence-corrected chi connectivity index (χ3v) is 3.64. The van der Waals surface area contributed by atoms with Gasteiger partial charge in [0.1, 0.15) is 0 Å². The Balaban J connectivity index is 2.70. The molecule has 2 nitrogen and oxygen atoms in total. The molecule has 0 bridgehead atoms. The summed E-state index contributed by atoms with van der Waals surface area (Å²) >= 11 is 0. The molecule has 0 radical (unpaired) electrons. The lowest BCUT2D eigenvalue weighted by atomic mass is 9.71. The van der Waals surface area contributed by atoms with E-state index in [1.807, 2.05) is 0 Å². The van der Waals surface area contributed by atoms with Gasteiger partial charge < -0.3 is 10.1 Å². The van der Waals surface area contributed by atoms with Gasteiger partial charge in [-0.25, -0.2) is 0 Å². The van der Waals surface area contributed by atoms with E-state index >= 15 is 0 Å². The number of ether oxygens (including phenoxy) is 1. The molecular formula is C15H31NO. The zero-order valence-corrected chi connectivity index (χ0v) is 12.6. The van der Waals surface area contributed by atoms with Crippen molar-refractivity contribution in [3.63, 3.8) is 0 Å². The summed E-state index contributed by atoms with van der Waals surface area (Å²) in [5.74, 6) is 0. The zero-order chi connectivity index (χ0) is 13.1. The summed E-state index contributed by atoms with van der Waals surface area (Å²) in [6.07, 6.45) is 5.35. The Bertz CT molecular complexity index is 230. The van der Waals surface area contributed by atoms with E-state index in [0.29, 0.717) is 17.6 Å². The van der Waals surface area contributed by atoms with Gasteiger partial charge in [-0.3, -0.25) is 0 Å². The molecule has 1 aliphatic rings. The van der Waals surface area contributed by atoms with Crippen LogP contribution in [0.4, 0.5) is 0 Å². The van der Waals surface area contributed by atoms with Crippen molar-refractivity contribution in [1.82, 2.24) is 5.32 Å². The van der Waals surface area contributed by atoms with Crippen molar-refractivity contribution in [2.24, 2.45) is 5.41 Å². The number of hydrogen-bond acceptors (Lipinski definition) is 2. The van der Waals surface area contributed by atoms with Crippen molar-refractivity contribution in [2.45, 2.75) is 85.0 Å². The highest BCUT2D eigenvalue weighted by Gasteiger charge is 2.40. The summed E-state index contributed by atoms with van der Waals surface area (Å²) in [5, 5.41) is 3.71. The molecule has 0 heterocycles. The highest BCUT2D eigenvalue weighted by Crippen LogP contribution is 2.38. The van der Waals surface area contributed by atoms with Crippen LogP contribution in [-0.2, 0) is 4.74 Å². The normalized spacial score (nSPS) is 29.3. The lowest BCUT2D eigenvalue weighted by Gasteiger charge is -2.46. The molecule has 2 atom stereocenters. The Morgan fingerprint density at radius 1 is 1.29 bits per heavy atom. The van der Waals surface area contributed by atoms with Crippen LogP contribution in [0.5, 0.6) is 0 Å². The SMILES string of the molecule is CCCNC1C(OC(C)(C)C)CCCC1(C)C. The Labute approximate surface area is 108 Å². The van der Waals surface area contributed by atoms with Crippen molar-refractivity contribution in [3.8, 4) is 0 Å². The molecule has 1 fully saturated rings. The molecule has 0 aliphatic heterocycles. The Kier molecular flexibility index (Phi) is 5.03. The Morgan fingerprint density at radius 2 is 1.94 bits per heavy atom. The Morgan fingerprint density at radius 3 is 2.47 bits per heavy atom. The van der Waals surface area contributed by atoms with Crippen LogP contribution in [-0.4, -0.2) is 24.3 Å². The number of nitrogens with one attached hydrogen (secondary N) is 1. The number of rotatable bonds is 4. The maximum atomic E-state index is 6.26. The average molecular weight is 241 g/mol. The molecule has 0 aromatic rings. The standard InChI is InChI=1S/C15H31NO/c1-7-11-16-13-12(17-14(2,3)4)9-8-10-15(13,5)6/h12-13,16H,7-11H2,1-6H3. The molecule has 1 saturated carbocycles. The summed E-state index contributed by atoms with van der Waals surface area (Å²) in [4.78, 5) is 0. The third-order valence-electron chi connectivity index (χ3n) is 3.64. The molecule has 0 saturated heterocycles. The van der Waals surface area contributed by atoms with Crippen LogP contribution in [0.3, 0.4) is 0 Å². The molecule has 0 aromatic carbocycles. The van der Waals surface area contributed by atoms with Crippen molar-refractivity contribution in [1.29, 1.82) is 0 Å². The van der Waals surface area contributed by atoms with Gasteiger partial charge in [0.2, 0.25) is 0 Å². The third kappa shape index (κ3) is 4.59. The van der Waals surface area contributed by atoms with Crippen molar-refractivity contribution in [3.05, 3.63) is 0 Å². The topological polar surface area (TPSA) is 21.3 Å². The van der Waals surface area contributed by atoms with Crippen molar-refractivity contribution >= 4 is 0 Å². The molecule has 1 N–H and O–H groups in total. The monoisotopic (exact) mass is 241 g/mol. The summed E-state index contributed by atoms with van der Waals surface area (Å²) < 4.78 is 6.26. The zero-order valence-electron chi connectivity index (χ0n) is 12.6. The summed E-state index contributed by atoms with van der Waals surface area (Å²) in [7, 11) is 0. The second-order valence-electron chi connectivity index (χ2n) is 7.08. The quantitative estimate of drug-likeness (QED) is 0.809. The van der Waals surface area contributed by atoms with Crippen LogP contribution in [0, 0.1) is 5.41 Å². The first kappa shape index (κ1) is 15.0. The van der Waals surface area contributed by atoms with Gasteiger partial charge in [0, 0.05) is 6.04 Å². The summed E-state index contributed by atoms with van der Waals surface area (Å²) in [6.45, 7) is 14.5. The van der Waals surface area contributed by atoms with Gasteiger partial charge in [-0.2, -0.15) is 0 Å². The van der Waals surface area contributed by atoms with E-state index in [0.717, 1.165) is 6.54 Å². The smallest absolute Gasteiger partial charge is 0.0740 e. The second kappa shape index (κ2) is 5.71. The predicted molar refractivity (Wildman–Crippen MR) is 74.3 cm³/mol. The average Bonchev–Trinajstić information content (AvgIpc) is 2.13. The maximum absolute atomic E-state index is 6.26. The molecule has 1 rings (SSSR count). The minimum absolute atomic E-state index is 0.0375. The predicted octanol–water partition coefficient (Wildman–Crippen LogP) is 3.75. The van der Waals surface area contributed by atoms with Crippen molar-refractivity contribution in [2.75, 3.05) is 6.54 Å². The molecule has 0 aromatic heterocycles. The van der Waals surface area contributed by atoms with Crippen LogP contribution in [0.1, 0.15) is 67.2 Å². The summed E-state index contributed by atoms with van der Waals surface area (Å²) in [5.41, 5.74) is 0.313. The fourth-order valence-electron chi connectivity index (χ4n) is 2.87. The minimum Gasteiger partial charge on any atom is -0.371 e. The van der Waals surface area contributed by atoms with E-state index < -0.39 is 0 Å². The largest absolute Gasteiger partial charge is 0.371 e. The highest BCUT2D eigenvalue weighted by molar-refractivity contribution is 4.95. The lowest BCUT2D eigenvalue weighted by molar-refractivity contribution is -0.110. The first-order chi connectivity index (χ1) is 7.76. The fourth-order valence-corrected chi connectivity index (χ4v) is 2.87. The van der Waals surface area contributed by atoms with E-state index in [2.05, 4.69) is 46.9 Å². The maximum Gasteiger partial charge on any atom is 0.0740 e. The number of hydrogen-bond donors (Lipinski definition) is 1. The van der Waals surface area contributed by atoms with E-state index in [4.69, 9.17) is 4.74 Å². The van der Waals surface area contributed by atoms with Gasteiger partial charge in [-0.1, -0.05) is 27.2 Å². The van der Waals surface area contributed by atoms with Crippen LogP contribution < -0.4 is 5.32 Å². The van der Waals surface area contributed by atoms with Crippen LogP contribution in [0.25, 0.3) is 0 Å². The van der Waals surface area contributed by atoms with Gasteiger partial charge in [-0.05, 0) is 52.0 Å². The Hall–Kier alpha value is -0.0800. The molecule has 2 heteroatoms. The fraction of sp³-hybridized carbons (Fsp3) is 1.00. The van der Waals surface area contributed by atoms with Gasteiger partial charge in [-0.15, -0.1) is 0 Å². The molecule has 0 amide bonds. The summed E-state index contributed by atoms with van der Waals surface area (Å²) in [6, 6.07) is 0.496. The molecule has 102 valence electrons. The van der Waals surface area contributed by atoms with Gasteiger partial charge in [0.25, 0.3) is 0 Å². The van der Waals surface area contributed by atoms with Crippen molar-refractivity contribution < 1.29 is 4.74 Å². The molecule has 1 aliphatic carbocycles. The second-order valence-corrected chi connectivity index (χ2v) is 7.08. The molecular weight excluding hydrogens is 210 g/mol. The molecule has 17 heavy (non-hydrogen) atoms. The highest BCUT2D eigenvalue weighted by atomic mass is 16.5. The van der Waals surface area contributed by atoms with Crippen LogP contribution >= 0.6 is 0 Å². The van der Waals surface area contributed by atoms with E-state index in [9.17, 15) is 0 Å². The van der Waals surface area contributed by atoms with E-state index in [1.54, 1.807) is 0 Å². The van der Waals surface area contributed by atoms with Crippen LogP contribution in [0.15, 0.2) is 0 Å². The van der Waals surface area contributed by atoms with E-state index in [1.165, 1.54) is 25.7 Å². The van der Waals surface area contributed by atoms with Gasteiger partial charge in [0.15, 0.2) is 0 Å². The molecule has 2 unspecified atom stereocenters. The van der Waals surface area contributed by atoms with E-state index in [-0.39, 0.29) is 5.60 Å². The first-order valence-corrected chi connectivity index (χ1v) is 7.17.